The third-order valence-corrected chi connectivity index (χ3v) is 3.73. The number of halogens is 2. The summed E-state index contributed by atoms with van der Waals surface area (Å²) in [6.45, 7) is 4.02. The Kier molecular flexibility index (Phi) is 5.51. The van der Waals surface area contributed by atoms with Crippen molar-refractivity contribution in [1.29, 1.82) is 0 Å². The summed E-state index contributed by atoms with van der Waals surface area (Å²) in [7, 11) is 1.90. The van der Waals surface area contributed by atoms with Gasteiger partial charge in [0, 0.05) is 15.6 Å². The summed E-state index contributed by atoms with van der Waals surface area (Å²) in [6, 6.07) is 13.4. The Hall–Kier alpha value is -1.22. The normalized spacial score (nSPS) is 12.5. The third-order valence-electron chi connectivity index (χ3n) is 3.15. The molecular weight excluding hydrogens is 305 g/mol. The molecule has 2 rings (SSSR count). The molecule has 0 aromatic heterocycles. The van der Waals surface area contributed by atoms with Gasteiger partial charge in [-0.15, -0.1) is 0 Å². The highest BCUT2D eigenvalue weighted by molar-refractivity contribution is 6.33. The lowest BCUT2D eigenvalue weighted by Crippen LogP contribution is -2.20. The molecule has 0 saturated heterocycles. The van der Waals surface area contributed by atoms with Crippen molar-refractivity contribution in [2.45, 2.75) is 26.0 Å². The van der Waals surface area contributed by atoms with E-state index in [1.54, 1.807) is 6.07 Å². The molecule has 1 unspecified atom stereocenters. The van der Waals surface area contributed by atoms with Crippen LogP contribution in [0.2, 0.25) is 10.0 Å². The Morgan fingerprint density at radius 2 is 1.71 bits per heavy atom. The first-order chi connectivity index (χ1) is 10.0. The number of benzene rings is 2. The molecule has 0 aliphatic heterocycles. The van der Waals surface area contributed by atoms with Crippen LogP contribution in [0.4, 0.5) is 0 Å². The van der Waals surface area contributed by atoms with Gasteiger partial charge in [0.1, 0.15) is 5.75 Å². The largest absolute Gasteiger partial charge is 0.491 e. The first-order valence-electron chi connectivity index (χ1n) is 6.90. The van der Waals surface area contributed by atoms with Crippen LogP contribution in [0.5, 0.6) is 5.75 Å². The van der Waals surface area contributed by atoms with E-state index >= 15 is 0 Å². The maximum atomic E-state index is 6.34. The predicted molar refractivity (Wildman–Crippen MR) is 89.6 cm³/mol. The van der Waals surface area contributed by atoms with Crippen molar-refractivity contribution in [1.82, 2.24) is 5.32 Å². The van der Waals surface area contributed by atoms with Crippen LogP contribution >= 0.6 is 23.2 Å². The molecule has 4 heteroatoms. The van der Waals surface area contributed by atoms with Crippen LogP contribution in [-0.2, 0) is 0 Å². The molecule has 2 aromatic rings. The zero-order chi connectivity index (χ0) is 15.4. The lowest BCUT2D eigenvalue weighted by atomic mass is 9.98. The van der Waals surface area contributed by atoms with Gasteiger partial charge in [-0.05, 0) is 50.7 Å². The van der Waals surface area contributed by atoms with Crippen molar-refractivity contribution in [2.75, 3.05) is 7.05 Å². The quantitative estimate of drug-likeness (QED) is 0.827. The van der Waals surface area contributed by atoms with E-state index in [2.05, 4.69) is 5.32 Å². The Morgan fingerprint density at radius 1 is 1.00 bits per heavy atom. The minimum Gasteiger partial charge on any atom is -0.491 e. The van der Waals surface area contributed by atoms with Gasteiger partial charge in [0.15, 0.2) is 0 Å². The molecular formula is C17H19Cl2NO. The summed E-state index contributed by atoms with van der Waals surface area (Å²) in [5.74, 6) is 0.850. The van der Waals surface area contributed by atoms with Gasteiger partial charge < -0.3 is 10.1 Å². The van der Waals surface area contributed by atoms with E-state index in [0.29, 0.717) is 10.0 Å². The van der Waals surface area contributed by atoms with E-state index < -0.39 is 0 Å². The van der Waals surface area contributed by atoms with Crippen LogP contribution in [0.15, 0.2) is 42.5 Å². The second kappa shape index (κ2) is 7.17. The molecule has 1 atom stereocenters. The van der Waals surface area contributed by atoms with Crippen LogP contribution < -0.4 is 10.1 Å². The molecule has 0 radical (unpaired) electrons. The van der Waals surface area contributed by atoms with Crippen LogP contribution in [0.3, 0.4) is 0 Å². The first kappa shape index (κ1) is 16.2. The highest BCUT2D eigenvalue weighted by Gasteiger charge is 2.19. The fourth-order valence-corrected chi connectivity index (χ4v) is 2.70. The fourth-order valence-electron chi connectivity index (χ4n) is 2.29. The predicted octanol–water partition coefficient (Wildman–Crippen LogP) is 5.09. The van der Waals surface area contributed by atoms with Crippen molar-refractivity contribution in [3.8, 4) is 5.75 Å². The Bertz CT molecular complexity index is 613. The molecule has 1 N–H and O–H groups in total. The van der Waals surface area contributed by atoms with Gasteiger partial charge in [-0.2, -0.15) is 0 Å². The zero-order valence-corrected chi connectivity index (χ0v) is 13.9. The molecule has 0 heterocycles. The number of para-hydroxylation sites is 1. The minimum absolute atomic E-state index is 0.0776. The molecule has 112 valence electrons. The zero-order valence-electron chi connectivity index (χ0n) is 12.4. The summed E-state index contributed by atoms with van der Waals surface area (Å²) in [5.41, 5.74) is 1.98. The van der Waals surface area contributed by atoms with Crippen molar-refractivity contribution in [3.05, 3.63) is 63.6 Å². The molecule has 0 saturated carbocycles. The molecule has 2 aromatic carbocycles. The summed E-state index contributed by atoms with van der Waals surface area (Å²) in [4.78, 5) is 0. The van der Waals surface area contributed by atoms with Gasteiger partial charge in [-0.1, -0.05) is 41.4 Å². The highest BCUT2D eigenvalue weighted by atomic mass is 35.5. The van der Waals surface area contributed by atoms with Crippen molar-refractivity contribution in [3.63, 3.8) is 0 Å². The van der Waals surface area contributed by atoms with Crippen molar-refractivity contribution in [2.24, 2.45) is 0 Å². The number of rotatable bonds is 5. The molecule has 2 nitrogen and oxygen atoms in total. The van der Waals surface area contributed by atoms with Gasteiger partial charge in [-0.3, -0.25) is 0 Å². The van der Waals surface area contributed by atoms with E-state index in [-0.39, 0.29) is 12.1 Å². The standard InChI is InChI=1S/C17H19Cl2NO/c1-11(2)21-16-7-5-4-6-13(16)17(20-3)14-10-12(18)8-9-15(14)19/h4-11,17,20H,1-3H3. The van der Waals surface area contributed by atoms with Gasteiger partial charge in [0.25, 0.3) is 0 Å². The number of hydrogen-bond donors (Lipinski definition) is 1. The average molecular weight is 324 g/mol. The highest BCUT2D eigenvalue weighted by Crippen LogP contribution is 2.35. The smallest absolute Gasteiger partial charge is 0.124 e. The number of ether oxygens (including phenoxy) is 1. The molecule has 21 heavy (non-hydrogen) atoms. The molecule has 0 aliphatic rings. The SMILES string of the molecule is CNC(c1cc(Cl)ccc1Cl)c1ccccc1OC(C)C. The van der Waals surface area contributed by atoms with E-state index in [9.17, 15) is 0 Å². The van der Waals surface area contributed by atoms with Crippen LogP contribution in [0.1, 0.15) is 31.0 Å². The number of hydrogen-bond acceptors (Lipinski definition) is 2. The fraction of sp³-hybridized carbons (Fsp3) is 0.294. The first-order valence-corrected chi connectivity index (χ1v) is 7.66. The Labute approximate surface area is 136 Å². The number of nitrogens with one attached hydrogen (secondary N) is 1. The third kappa shape index (κ3) is 3.91. The van der Waals surface area contributed by atoms with E-state index in [0.717, 1.165) is 16.9 Å². The van der Waals surface area contributed by atoms with Gasteiger partial charge in [-0.25, -0.2) is 0 Å². The average Bonchev–Trinajstić information content (AvgIpc) is 2.44. The lowest BCUT2D eigenvalue weighted by molar-refractivity contribution is 0.238. The van der Waals surface area contributed by atoms with Crippen LogP contribution in [-0.4, -0.2) is 13.2 Å². The summed E-state index contributed by atoms with van der Waals surface area (Å²) in [5, 5.41) is 4.64. The van der Waals surface area contributed by atoms with E-state index in [1.807, 2.05) is 57.3 Å². The maximum absolute atomic E-state index is 6.34. The monoisotopic (exact) mass is 323 g/mol. The Morgan fingerprint density at radius 3 is 2.38 bits per heavy atom. The van der Waals surface area contributed by atoms with Gasteiger partial charge in [0.05, 0.1) is 12.1 Å². The van der Waals surface area contributed by atoms with Crippen molar-refractivity contribution < 1.29 is 4.74 Å². The minimum atomic E-state index is -0.0776. The molecule has 0 fully saturated rings. The van der Waals surface area contributed by atoms with Gasteiger partial charge >= 0.3 is 0 Å². The summed E-state index contributed by atoms with van der Waals surface area (Å²) in [6.07, 6.45) is 0.110. The maximum Gasteiger partial charge on any atom is 0.124 e. The lowest BCUT2D eigenvalue weighted by Gasteiger charge is -2.23. The second-order valence-electron chi connectivity index (χ2n) is 5.09. The second-order valence-corrected chi connectivity index (χ2v) is 5.94. The van der Waals surface area contributed by atoms with E-state index in [4.69, 9.17) is 27.9 Å². The van der Waals surface area contributed by atoms with Crippen LogP contribution in [0.25, 0.3) is 0 Å². The van der Waals surface area contributed by atoms with Crippen LogP contribution in [0, 0.1) is 0 Å². The molecule has 0 spiro atoms. The summed E-state index contributed by atoms with van der Waals surface area (Å²) < 4.78 is 5.90. The molecule has 0 aliphatic carbocycles. The summed E-state index contributed by atoms with van der Waals surface area (Å²) >= 11 is 12.5. The van der Waals surface area contributed by atoms with Crippen molar-refractivity contribution >= 4 is 23.2 Å². The van der Waals surface area contributed by atoms with E-state index in [1.165, 1.54) is 0 Å². The topological polar surface area (TPSA) is 21.3 Å². The molecule has 0 bridgehead atoms. The van der Waals surface area contributed by atoms with Gasteiger partial charge in [0.2, 0.25) is 0 Å². The Balaban J connectivity index is 2.49. The molecule has 0 amide bonds.